The molecule has 0 amide bonds. The maximum Gasteiger partial charge on any atom is 0.435 e. The van der Waals surface area contributed by atoms with Crippen molar-refractivity contribution in [3.63, 3.8) is 0 Å². The Morgan fingerprint density at radius 2 is 1.95 bits per heavy atom. The lowest BCUT2D eigenvalue weighted by Gasteiger charge is -2.07. The molecular weight excluding hydrogens is 279 g/mol. The largest absolute Gasteiger partial charge is 0.435 e. The average molecular weight is 297 g/mol. The highest BCUT2D eigenvalue weighted by Gasteiger charge is 2.33. The third-order valence-corrected chi connectivity index (χ3v) is 3.02. The van der Waals surface area contributed by atoms with Crippen LogP contribution in [0.4, 0.5) is 13.2 Å². The Hall–Kier alpha value is -1.82. The molecular formula is C15H18F3N3. The Morgan fingerprint density at radius 1 is 1.19 bits per heavy atom. The smallest absolute Gasteiger partial charge is 0.313 e. The molecule has 0 saturated carbocycles. The van der Waals surface area contributed by atoms with Crippen molar-refractivity contribution in [1.82, 2.24) is 15.1 Å². The molecule has 3 nitrogen and oxygen atoms in total. The van der Waals surface area contributed by atoms with Crippen LogP contribution in [-0.2, 0) is 19.3 Å². The van der Waals surface area contributed by atoms with Gasteiger partial charge in [0.15, 0.2) is 5.69 Å². The van der Waals surface area contributed by atoms with E-state index >= 15 is 0 Å². The van der Waals surface area contributed by atoms with Crippen LogP contribution in [0.15, 0.2) is 36.5 Å². The topological polar surface area (TPSA) is 29.9 Å². The van der Waals surface area contributed by atoms with Gasteiger partial charge in [-0.3, -0.25) is 4.68 Å². The molecule has 0 aliphatic heterocycles. The molecule has 21 heavy (non-hydrogen) atoms. The summed E-state index contributed by atoms with van der Waals surface area (Å²) >= 11 is 0. The number of aromatic nitrogens is 2. The fourth-order valence-electron chi connectivity index (χ4n) is 2.04. The zero-order chi connectivity index (χ0) is 15.3. The first-order valence-electron chi connectivity index (χ1n) is 6.88. The summed E-state index contributed by atoms with van der Waals surface area (Å²) in [6.45, 7) is 4.13. The van der Waals surface area contributed by atoms with E-state index < -0.39 is 11.9 Å². The van der Waals surface area contributed by atoms with Gasteiger partial charge in [0.1, 0.15) is 0 Å². The summed E-state index contributed by atoms with van der Waals surface area (Å²) in [5.74, 6) is 0. The van der Waals surface area contributed by atoms with E-state index in [1.54, 1.807) is 0 Å². The van der Waals surface area contributed by atoms with Crippen molar-refractivity contribution in [2.24, 2.45) is 0 Å². The summed E-state index contributed by atoms with van der Waals surface area (Å²) in [4.78, 5) is 0. The summed E-state index contributed by atoms with van der Waals surface area (Å²) in [7, 11) is 0. The number of hydrogen-bond donors (Lipinski definition) is 1. The van der Waals surface area contributed by atoms with Gasteiger partial charge >= 0.3 is 6.18 Å². The molecule has 0 aliphatic rings. The van der Waals surface area contributed by atoms with Crippen molar-refractivity contribution < 1.29 is 13.2 Å². The lowest BCUT2D eigenvalue weighted by molar-refractivity contribution is -0.141. The van der Waals surface area contributed by atoms with Gasteiger partial charge in [-0.1, -0.05) is 31.2 Å². The second kappa shape index (κ2) is 6.76. The predicted molar refractivity (Wildman–Crippen MR) is 74.8 cm³/mol. The number of alkyl halides is 3. The Balaban J connectivity index is 2.02. The van der Waals surface area contributed by atoms with Crippen LogP contribution < -0.4 is 5.32 Å². The minimum absolute atomic E-state index is 0.331. The standard InChI is InChI=1S/C15H18F3N3/c1-2-7-19-10-12-4-3-5-13(9-12)11-21-8-6-14(20-21)15(16,17)18/h3-6,8-9,19H,2,7,10-11H2,1H3. The van der Waals surface area contributed by atoms with Gasteiger partial charge in [-0.25, -0.2) is 0 Å². The Labute approximate surface area is 121 Å². The summed E-state index contributed by atoms with van der Waals surface area (Å²) in [5, 5.41) is 6.85. The van der Waals surface area contributed by atoms with Crippen molar-refractivity contribution in [1.29, 1.82) is 0 Å². The van der Waals surface area contributed by atoms with E-state index in [0.717, 1.165) is 36.7 Å². The molecule has 0 aliphatic carbocycles. The van der Waals surface area contributed by atoms with Gasteiger partial charge in [0.2, 0.25) is 0 Å². The number of nitrogens with zero attached hydrogens (tertiary/aromatic N) is 2. The first-order valence-corrected chi connectivity index (χ1v) is 6.88. The fraction of sp³-hybridized carbons (Fsp3) is 0.400. The lowest BCUT2D eigenvalue weighted by atomic mass is 10.1. The molecule has 0 bridgehead atoms. The van der Waals surface area contributed by atoms with Crippen LogP contribution in [0.25, 0.3) is 0 Å². The molecule has 0 unspecified atom stereocenters. The summed E-state index contributed by atoms with van der Waals surface area (Å²) < 4.78 is 38.8. The van der Waals surface area contributed by atoms with E-state index in [1.165, 1.54) is 10.9 Å². The maximum absolute atomic E-state index is 12.5. The quantitative estimate of drug-likeness (QED) is 0.828. The van der Waals surface area contributed by atoms with Gasteiger partial charge < -0.3 is 5.32 Å². The molecule has 1 N–H and O–H groups in total. The lowest BCUT2D eigenvalue weighted by Crippen LogP contribution is -2.14. The molecule has 0 radical (unpaired) electrons. The van der Waals surface area contributed by atoms with Gasteiger partial charge in [0, 0.05) is 12.7 Å². The van der Waals surface area contributed by atoms with Crippen LogP contribution in [-0.4, -0.2) is 16.3 Å². The van der Waals surface area contributed by atoms with Gasteiger partial charge in [0.05, 0.1) is 6.54 Å². The first-order chi connectivity index (χ1) is 9.99. The minimum Gasteiger partial charge on any atom is -0.313 e. The molecule has 1 aromatic heterocycles. The van der Waals surface area contributed by atoms with Gasteiger partial charge in [-0.15, -0.1) is 0 Å². The Kier molecular flexibility index (Phi) is 5.01. The zero-order valence-electron chi connectivity index (χ0n) is 11.8. The molecule has 1 aromatic carbocycles. The normalized spacial score (nSPS) is 11.8. The molecule has 0 atom stereocenters. The number of halogens is 3. The highest BCUT2D eigenvalue weighted by Crippen LogP contribution is 2.27. The zero-order valence-corrected chi connectivity index (χ0v) is 11.8. The van der Waals surface area contributed by atoms with Crippen LogP contribution in [0.5, 0.6) is 0 Å². The third kappa shape index (κ3) is 4.60. The van der Waals surface area contributed by atoms with Crippen molar-refractivity contribution in [3.8, 4) is 0 Å². The molecule has 0 fully saturated rings. The maximum atomic E-state index is 12.5. The molecule has 0 saturated heterocycles. The second-order valence-corrected chi connectivity index (χ2v) is 4.89. The summed E-state index contributed by atoms with van der Waals surface area (Å²) in [6, 6.07) is 8.77. The Bertz CT molecular complexity index is 576. The van der Waals surface area contributed by atoms with E-state index in [0.29, 0.717) is 6.54 Å². The highest BCUT2D eigenvalue weighted by molar-refractivity contribution is 5.23. The van der Waals surface area contributed by atoms with Gasteiger partial charge in [-0.05, 0) is 30.2 Å². The average Bonchev–Trinajstić information content (AvgIpc) is 2.88. The molecule has 2 rings (SSSR count). The number of hydrogen-bond acceptors (Lipinski definition) is 2. The second-order valence-electron chi connectivity index (χ2n) is 4.89. The number of benzene rings is 1. The van der Waals surface area contributed by atoms with Crippen LogP contribution in [0, 0.1) is 0 Å². The van der Waals surface area contributed by atoms with E-state index in [1.807, 2.05) is 24.3 Å². The highest BCUT2D eigenvalue weighted by atomic mass is 19.4. The number of nitrogens with one attached hydrogen (secondary N) is 1. The first kappa shape index (κ1) is 15.6. The van der Waals surface area contributed by atoms with Gasteiger partial charge in [0.25, 0.3) is 0 Å². The molecule has 0 spiro atoms. The predicted octanol–water partition coefficient (Wildman–Crippen LogP) is 3.45. The molecule has 1 heterocycles. The van der Waals surface area contributed by atoms with E-state index in [9.17, 15) is 13.2 Å². The Morgan fingerprint density at radius 3 is 2.62 bits per heavy atom. The van der Waals surface area contributed by atoms with Crippen molar-refractivity contribution >= 4 is 0 Å². The third-order valence-electron chi connectivity index (χ3n) is 3.02. The van der Waals surface area contributed by atoms with Crippen LogP contribution in [0.2, 0.25) is 0 Å². The number of rotatable bonds is 6. The molecule has 114 valence electrons. The molecule has 2 aromatic rings. The van der Waals surface area contributed by atoms with Crippen molar-refractivity contribution in [2.75, 3.05) is 6.54 Å². The van der Waals surface area contributed by atoms with Crippen LogP contribution in [0.1, 0.15) is 30.2 Å². The SMILES string of the molecule is CCCNCc1cccc(Cn2ccc(C(F)(F)F)n2)c1. The van der Waals surface area contributed by atoms with Gasteiger partial charge in [-0.2, -0.15) is 18.3 Å². The van der Waals surface area contributed by atoms with Crippen molar-refractivity contribution in [3.05, 3.63) is 53.3 Å². The fourth-order valence-corrected chi connectivity index (χ4v) is 2.04. The summed E-state index contributed by atoms with van der Waals surface area (Å²) in [6.07, 6.45) is -1.98. The minimum atomic E-state index is -4.39. The van der Waals surface area contributed by atoms with Crippen molar-refractivity contribution in [2.45, 2.75) is 32.6 Å². The van der Waals surface area contributed by atoms with Crippen LogP contribution >= 0.6 is 0 Å². The molecule has 6 heteroatoms. The van der Waals surface area contributed by atoms with E-state index in [4.69, 9.17) is 0 Å². The summed E-state index contributed by atoms with van der Waals surface area (Å²) in [5.41, 5.74) is 1.19. The van der Waals surface area contributed by atoms with E-state index in [2.05, 4.69) is 17.3 Å². The van der Waals surface area contributed by atoms with E-state index in [-0.39, 0.29) is 0 Å². The monoisotopic (exact) mass is 297 g/mol. The van der Waals surface area contributed by atoms with Crippen LogP contribution in [0.3, 0.4) is 0 Å².